The molecule has 4 aromatic carbocycles. The van der Waals surface area contributed by atoms with E-state index in [1.165, 1.54) is 46.0 Å². The average Bonchev–Trinajstić information content (AvgIpc) is 2.69. The van der Waals surface area contributed by atoms with Gasteiger partial charge in [0.25, 0.3) is 27.5 Å². The molecular formula is C64H72ClN11O10S. The summed E-state index contributed by atoms with van der Waals surface area (Å²) in [4.78, 5) is 92.0. The molecule has 6 heterocycles. The summed E-state index contributed by atoms with van der Waals surface area (Å²) < 4.78 is 36.5. The summed E-state index contributed by atoms with van der Waals surface area (Å²) >= 11 is 6.27. The first-order chi connectivity index (χ1) is 41.8. The number of unbranched alkanes of at least 4 members (excludes halogenated alkanes) is 2. The van der Waals surface area contributed by atoms with Gasteiger partial charge in [0.15, 0.2) is 0 Å². The van der Waals surface area contributed by atoms with Gasteiger partial charge >= 0.3 is 0 Å². The van der Waals surface area contributed by atoms with Crippen molar-refractivity contribution in [1.29, 1.82) is 0 Å². The summed E-state index contributed by atoms with van der Waals surface area (Å²) in [5.74, 6) is -1.60. The number of nitrogens with one attached hydrogen (secondary N) is 5. The minimum atomic E-state index is -4.67. The van der Waals surface area contributed by atoms with Crippen LogP contribution >= 0.6 is 11.6 Å². The number of aromatic amines is 1. The van der Waals surface area contributed by atoms with Crippen LogP contribution in [0.4, 0.5) is 22.7 Å². The minimum Gasteiger partial charge on any atom is -0.455 e. The third-order valence-electron chi connectivity index (χ3n) is 17.5. The number of fused-ring (bicyclic) bond motifs is 2. The van der Waals surface area contributed by atoms with Gasteiger partial charge < -0.3 is 35.1 Å². The maximum absolute atomic E-state index is 14.2. The SMILES string of the molecule is CC1(C)CCC(CN2CCN(c3ccc(C(=O)NS(=O)(=O)c4ccc(NCC5CCCN(C(=O)CCCCCNc6cccc7c6CN(C6CCC(=O)NC6=O)C7=O)C5)c([N+](=O)[O-])c4)c(Oc4cnc5[nH]ccc5c4)c3)CC2)=C(c2ccc(Cl)cc2)C1. The van der Waals surface area contributed by atoms with E-state index in [2.05, 4.69) is 66.4 Å². The van der Waals surface area contributed by atoms with Gasteiger partial charge in [0.2, 0.25) is 17.7 Å². The Bertz CT molecular complexity index is 3790. The summed E-state index contributed by atoms with van der Waals surface area (Å²) in [6.07, 6.45) is 11.0. The maximum atomic E-state index is 14.2. The van der Waals surface area contributed by atoms with Gasteiger partial charge in [-0.3, -0.25) is 44.3 Å². The van der Waals surface area contributed by atoms with E-state index in [1.807, 2.05) is 29.2 Å². The van der Waals surface area contributed by atoms with Crippen LogP contribution in [0.2, 0.25) is 5.02 Å². The molecule has 21 nitrogen and oxygen atoms in total. The van der Waals surface area contributed by atoms with Gasteiger partial charge in [0.1, 0.15) is 28.9 Å². The number of amides is 5. The quantitative estimate of drug-likeness (QED) is 0.0194. The Morgan fingerprint density at radius 3 is 2.51 bits per heavy atom. The van der Waals surface area contributed by atoms with Crippen LogP contribution in [0.3, 0.4) is 0 Å². The molecule has 0 saturated carbocycles. The number of halogens is 1. The number of likely N-dealkylation sites (tertiary alicyclic amines) is 1. The molecule has 1 aliphatic carbocycles. The maximum Gasteiger partial charge on any atom is 0.293 e. The van der Waals surface area contributed by atoms with Crippen LogP contribution in [-0.4, -0.2) is 132 Å². The first-order valence-electron chi connectivity index (χ1n) is 29.9. The molecule has 2 aromatic heterocycles. The Labute approximate surface area is 510 Å². The lowest BCUT2D eigenvalue weighted by Gasteiger charge is -2.39. The van der Waals surface area contributed by atoms with E-state index in [1.54, 1.807) is 36.5 Å². The fourth-order valence-corrected chi connectivity index (χ4v) is 13.7. The number of allylic oxidation sites excluding steroid dienone is 1. The Balaban J connectivity index is 0.683. The van der Waals surface area contributed by atoms with E-state index in [4.69, 9.17) is 16.3 Å². The normalized spacial score (nSPS) is 19.0. The number of hydrogen-bond acceptors (Lipinski definition) is 15. The molecule has 0 bridgehead atoms. The highest BCUT2D eigenvalue weighted by molar-refractivity contribution is 7.90. The van der Waals surface area contributed by atoms with Crippen LogP contribution in [0.25, 0.3) is 16.6 Å². The highest BCUT2D eigenvalue weighted by atomic mass is 35.5. The second-order valence-electron chi connectivity index (χ2n) is 24.1. The zero-order chi connectivity index (χ0) is 61.0. The Hall–Kier alpha value is -8.34. The van der Waals surface area contributed by atoms with E-state index < -0.39 is 43.4 Å². The smallest absolute Gasteiger partial charge is 0.293 e. The van der Waals surface area contributed by atoms with Gasteiger partial charge in [-0.2, -0.15) is 0 Å². The molecule has 23 heteroatoms. The molecule has 3 saturated heterocycles. The number of benzene rings is 4. The number of rotatable bonds is 21. The van der Waals surface area contributed by atoms with E-state index in [0.29, 0.717) is 80.5 Å². The molecular weight excluding hydrogens is 1150 g/mol. The van der Waals surface area contributed by atoms with Crippen molar-refractivity contribution < 1.29 is 42.1 Å². The number of carbonyl (C=O) groups excluding carboxylic acids is 5. The number of pyridine rings is 1. The van der Waals surface area contributed by atoms with Crippen LogP contribution in [-0.2, 0) is 31.0 Å². The van der Waals surface area contributed by atoms with Gasteiger partial charge in [-0.05, 0) is 134 Å². The molecule has 4 aliphatic heterocycles. The monoisotopic (exact) mass is 1220 g/mol. The largest absolute Gasteiger partial charge is 0.455 e. The van der Waals surface area contributed by atoms with Gasteiger partial charge in [0.05, 0.1) is 21.6 Å². The van der Waals surface area contributed by atoms with E-state index >= 15 is 0 Å². The topological polar surface area (TPSA) is 262 Å². The second kappa shape index (κ2) is 25.9. The number of nitro benzene ring substituents is 1. The Morgan fingerprint density at radius 2 is 1.71 bits per heavy atom. The minimum absolute atomic E-state index is 0.0274. The van der Waals surface area contributed by atoms with Crippen molar-refractivity contribution in [2.75, 3.05) is 74.4 Å². The molecule has 5 N–H and O–H groups in total. The molecule has 3 fully saturated rings. The van der Waals surface area contributed by atoms with Crippen molar-refractivity contribution in [3.63, 3.8) is 0 Å². The Morgan fingerprint density at radius 1 is 0.897 bits per heavy atom. The van der Waals surface area contributed by atoms with E-state index in [9.17, 15) is 42.5 Å². The lowest BCUT2D eigenvalue weighted by atomic mass is 9.72. The number of ether oxygens (including phenoxy) is 1. The average molecular weight is 1220 g/mol. The molecule has 2 atom stereocenters. The summed E-state index contributed by atoms with van der Waals surface area (Å²) in [5.41, 5.74) is 7.36. The number of H-pyrrole nitrogens is 1. The van der Waals surface area contributed by atoms with Crippen molar-refractivity contribution in [3.05, 3.63) is 146 Å². The number of piperidine rings is 2. The summed E-state index contributed by atoms with van der Waals surface area (Å²) in [5, 5.41) is 22.9. The van der Waals surface area contributed by atoms with Gasteiger partial charge in [-0.25, -0.2) is 18.1 Å². The molecule has 87 heavy (non-hydrogen) atoms. The van der Waals surface area contributed by atoms with Crippen LogP contribution in [0.5, 0.6) is 11.5 Å². The van der Waals surface area contributed by atoms with E-state index in [-0.39, 0.29) is 59.0 Å². The van der Waals surface area contributed by atoms with Crippen molar-refractivity contribution in [2.45, 2.75) is 102 Å². The highest BCUT2D eigenvalue weighted by Crippen LogP contribution is 2.44. The van der Waals surface area contributed by atoms with Crippen LogP contribution < -0.4 is 30.3 Å². The fourth-order valence-electron chi connectivity index (χ4n) is 12.6. The number of aromatic nitrogens is 2. The number of sulfonamides is 1. The standard InChI is InChI=1S/C64H72ClN11O10S/c1-64(2)24-22-44(51(35-64)42-12-14-45(65)15-13-42)39-72-28-30-73(31-29-72)46-16-18-50(57(33-46)86-47-32-43-23-26-67-60(43)69-37-47)61(79)71-87(84,85)48-17-19-54(56(34-48)76(82)83)68-36-41-8-7-27-74(38-41)59(78)11-4-3-5-25-66-53-10-6-9-49-52(53)40-75(63(49)81)55-20-21-58(77)70-62(55)80/h6,9-10,12-19,23,26,32-34,37,41,55,66,68H,3-5,7-8,11,20-22,24-25,27-31,35-36,38-40H2,1-2H3,(H,67,69)(H,71,79)(H,70,77,80). The second-order valence-corrected chi connectivity index (χ2v) is 26.2. The van der Waals surface area contributed by atoms with Crippen molar-refractivity contribution in [3.8, 4) is 11.5 Å². The first-order valence-corrected chi connectivity index (χ1v) is 31.8. The third kappa shape index (κ3) is 14.1. The summed E-state index contributed by atoms with van der Waals surface area (Å²) in [7, 11) is -4.67. The van der Waals surface area contributed by atoms with Gasteiger partial charge in [0, 0.05) is 130 Å². The van der Waals surface area contributed by atoms with Gasteiger partial charge in [-0.1, -0.05) is 55.6 Å². The number of anilines is 3. The first kappa shape index (κ1) is 60.4. The number of imide groups is 1. The van der Waals surface area contributed by atoms with Gasteiger partial charge in [-0.15, -0.1) is 0 Å². The molecule has 6 aromatic rings. The molecule has 0 spiro atoms. The summed E-state index contributed by atoms with van der Waals surface area (Å²) in [6, 6.07) is 25.0. The predicted octanol–water partition coefficient (Wildman–Crippen LogP) is 9.91. The number of nitro groups is 1. The van der Waals surface area contributed by atoms with Crippen molar-refractivity contribution in [1.82, 2.24) is 34.7 Å². The lowest BCUT2D eigenvalue weighted by Crippen LogP contribution is -2.52. The lowest BCUT2D eigenvalue weighted by molar-refractivity contribution is -0.384. The van der Waals surface area contributed by atoms with Crippen LogP contribution in [0.15, 0.2) is 114 Å². The third-order valence-corrected chi connectivity index (χ3v) is 19.0. The fraction of sp³-hybridized carbons (Fsp3) is 0.406. The summed E-state index contributed by atoms with van der Waals surface area (Å²) in [6.45, 7) is 10.7. The zero-order valence-electron chi connectivity index (χ0n) is 48.9. The predicted molar refractivity (Wildman–Crippen MR) is 332 cm³/mol. The Kier molecular flexibility index (Phi) is 18.0. The van der Waals surface area contributed by atoms with E-state index in [0.717, 1.165) is 93.0 Å². The molecule has 2 unspecified atom stereocenters. The van der Waals surface area contributed by atoms with Crippen LogP contribution in [0, 0.1) is 21.4 Å². The van der Waals surface area contributed by atoms with Crippen molar-refractivity contribution in [2.24, 2.45) is 11.3 Å². The molecule has 11 rings (SSSR count). The molecule has 456 valence electrons. The highest BCUT2D eigenvalue weighted by Gasteiger charge is 2.40. The van der Waals surface area contributed by atoms with Crippen LogP contribution in [0.1, 0.15) is 116 Å². The number of piperazine rings is 1. The number of nitrogens with zero attached hydrogens (tertiary/aromatic N) is 6. The van der Waals surface area contributed by atoms with Crippen molar-refractivity contribution >= 4 is 90.5 Å². The number of hydrogen-bond donors (Lipinski definition) is 5. The molecule has 0 radical (unpaired) electrons. The molecule has 5 amide bonds. The zero-order valence-corrected chi connectivity index (χ0v) is 50.4. The number of carbonyl (C=O) groups is 5. The molecule has 5 aliphatic rings.